The molecule has 0 aromatic heterocycles. The molecule has 0 amide bonds. The molecule has 1 heterocycles. The fourth-order valence-electron chi connectivity index (χ4n) is 2.79. The molecule has 0 aliphatic carbocycles. The molecule has 20 heavy (non-hydrogen) atoms. The van der Waals surface area contributed by atoms with E-state index >= 15 is 0 Å². The van der Waals surface area contributed by atoms with E-state index in [4.69, 9.17) is 5.26 Å². The summed E-state index contributed by atoms with van der Waals surface area (Å²) in [6, 6.07) is 6.67. The Morgan fingerprint density at radius 2 is 2.15 bits per heavy atom. The molecule has 4 heteroatoms. The van der Waals surface area contributed by atoms with Gasteiger partial charge in [0.05, 0.1) is 11.6 Å². The summed E-state index contributed by atoms with van der Waals surface area (Å²) in [6.07, 6.45) is 3.59. The van der Waals surface area contributed by atoms with Crippen molar-refractivity contribution < 1.29 is 4.39 Å². The van der Waals surface area contributed by atoms with Crippen LogP contribution in [-0.2, 0) is 6.54 Å². The van der Waals surface area contributed by atoms with Crippen LogP contribution in [0.1, 0.15) is 30.4 Å². The van der Waals surface area contributed by atoms with Gasteiger partial charge in [0.25, 0.3) is 0 Å². The first-order valence-corrected chi connectivity index (χ1v) is 7.28. The number of halogens is 1. The highest BCUT2D eigenvalue weighted by Gasteiger charge is 2.19. The summed E-state index contributed by atoms with van der Waals surface area (Å²) in [4.78, 5) is 2.29. The molecule has 0 atom stereocenters. The van der Waals surface area contributed by atoms with Crippen LogP contribution in [-0.4, -0.2) is 31.6 Å². The molecule has 1 aliphatic heterocycles. The minimum Gasteiger partial charge on any atom is -0.320 e. The minimum absolute atomic E-state index is 0.207. The predicted molar refractivity (Wildman–Crippen MR) is 77.7 cm³/mol. The van der Waals surface area contributed by atoms with Gasteiger partial charge in [-0.25, -0.2) is 4.39 Å². The Kier molecular flexibility index (Phi) is 5.51. The van der Waals surface area contributed by atoms with Crippen molar-refractivity contribution in [3.05, 3.63) is 35.1 Å². The number of piperidine rings is 1. The maximum absolute atomic E-state index is 13.8. The van der Waals surface area contributed by atoms with Crippen molar-refractivity contribution >= 4 is 0 Å². The Morgan fingerprint density at radius 1 is 1.40 bits per heavy atom. The van der Waals surface area contributed by atoms with Crippen LogP contribution in [0.15, 0.2) is 18.2 Å². The van der Waals surface area contributed by atoms with Crippen molar-refractivity contribution in [3.8, 4) is 6.07 Å². The maximum atomic E-state index is 13.8. The highest BCUT2D eigenvalue weighted by atomic mass is 19.1. The number of hydrogen-bond acceptors (Lipinski definition) is 3. The van der Waals surface area contributed by atoms with Crippen molar-refractivity contribution in [1.29, 1.82) is 5.26 Å². The van der Waals surface area contributed by atoms with Gasteiger partial charge in [-0.1, -0.05) is 0 Å². The van der Waals surface area contributed by atoms with Gasteiger partial charge in [-0.05, 0) is 70.1 Å². The summed E-state index contributed by atoms with van der Waals surface area (Å²) in [6.45, 7) is 3.72. The van der Waals surface area contributed by atoms with Gasteiger partial charge in [0.2, 0.25) is 0 Å². The van der Waals surface area contributed by atoms with Gasteiger partial charge in [0.15, 0.2) is 0 Å². The SMILES string of the molecule is CNCCC1CCN(Cc2cc(C#N)ccc2F)CC1. The molecule has 0 bridgehead atoms. The topological polar surface area (TPSA) is 39.1 Å². The third kappa shape index (κ3) is 4.03. The number of hydrogen-bond donors (Lipinski definition) is 1. The van der Waals surface area contributed by atoms with Crippen molar-refractivity contribution in [2.45, 2.75) is 25.8 Å². The lowest BCUT2D eigenvalue weighted by molar-refractivity contribution is 0.171. The summed E-state index contributed by atoms with van der Waals surface area (Å²) in [5.41, 5.74) is 1.17. The minimum atomic E-state index is -0.207. The smallest absolute Gasteiger partial charge is 0.127 e. The van der Waals surface area contributed by atoms with Gasteiger partial charge in [0, 0.05) is 12.1 Å². The van der Waals surface area contributed by atoms with E-state index < -0.39 is 0 Å². The second-order valence-corrected chi connectivity index (χ2v) is 5.53. The molecule has 0 radical (unpaired) electrons. The molecule has 0 saturated carbocycles. The van der Waals surface area contributed by atoms with Crippen LogP contribution in [0.3, 0.4) is 0 Å². The first-order valence-electron chi connectivity index (χ1n) is 7.28. The zero-order valence-electron chi connectivity index (χ0n) is 12.0. The monoisotopic (exact) mass is 275 g/mol. The molecule has 1 aliphatic rings. The first kappa shape index (κ1) is 15.0. The molecule has 3 nitrogen and oxygen atoms in total. The largest absolute Gasteiger partial charge is 0.320 e. The van der Waals surface area contributed by atoms with Gasteiger partial charge in [0.1, 0.15) is 5.82 Å². The van der Waals surface area contributed by atoms with Crippen LogP contribution >= 0.6 is 0 Å². The molecule has 1 N–H and O–H groups in total. The summed E-state index contributed by atoms with van der Waals surface area (Å²) in [5.74, 6) is 0.579. The lowest BCUT2D eigenvalue weighted by Gasteiger charge is -2.32. The highest BCUT2D eigenvalue weighted by molar-refractivity contribution is 5.33. The van der Waals surface area contributed by atoms with Crippen LogP contribution < -0.4 is 5.32 Å². The number of nitrogens with one attached hydrogen (secondary N) is 1. The van der Waals surface area contributed by atoms with E-state index in [1.807, 2.05) is 7.05 Å². The number of likely N-dealkylation sites (tertiary alicyclic amines) is 1. The fourth-order valence-corrected chi connectivity index (χ4v) is 2.79. The average molecular weight is 275 g/mol. The molecule has 0 unspecified atom stereocenters. The van der Waals surface area contributed by atoms with E-state index in [-0.39, 0.29) is 5.82 Å². The van der Waals surface area contributed by atoms with Gasteiger partial charge in [-0.15, -0.1) is 0 Å². The third-order valence-corrected chi connectivity index (χ3v) is 4.08. The van der Waals surface area contributed by atoms with Gasteiger partial charge < -0.3 is 5.32 Å². The van der Waals surface area contributed by atoms with E-state index in [2.05, 4.69) is 16.3 Å². The van der Waals surface area contributed by atoms with Crippen LogP contribution in [0.2, 0.25) is 0 Å². The first-order chi connectivity index (χ1) is 9.72. The van der Waals surface area contributed by atoms with Crippen molar-refractivity contribution in [2.75, 3.05) is 26.7 Å². The zero-order valence-corrected chi connectivity index (χ0v) is 12.0. The van der Waals surface area contributed by atoms with E-state index in [1.54, 1.807) is 6.07 Å². The lowest BCUT2D eigenvalue weighted by atomic mass is 9.93. The summed E-state index contributed by atoms with van der Waals surface area (Å²) >= 11 is 0. The van der Waals surface area contributed by atoms with Crippen LogP contribution in [0.4, 0.5) is 4.39 Å². The number of rotatable bonds is 5. The third-order valence-electron chi connectivity index (χ3n) is 4.08. The second kappa shape index (κ2) is 7.37. The van der Waals surface area contributed by atoms with E-state index in [0.717, 1.165) is 25.6 Å². The van der Waals surface area contributed by atoms with Crippen molar-refractivity contribution in [3.63, 3.8) is 0 Å². The summed E-state index contributed by atoms with van der Waals surface area (Å²) < 4.78 is 13.8. The standard InChI is InChI=1S/C16H22FN3/c1-19-7-4-13-5-8-20(9-6-13)12-15-10-14(11-18)2-3-16(15)17/h2-3,10,13,19H,4-9,12H2,1H3. The van der Waals surface area contributed by atoms with Gasteiger partial charge in [-0.3, -0.25) is 4.90 Å². The lowest BCUT2D eigenvalue weighted by Crippen LogP contribution is -2.34. The van der Waals surface area contributed by atoms with Gasteiger partial charge in [-0.2, -0.15) is 5.26 Å². The molecule has 1 aromatic rings. The Bertz CT molecular complexity index is 473. The summed E-state index contributed by atoms with van der Waals surface area (Å²) in [7, 11) is 1.99. The van der Waals surface area contributed by atoms with Crippen LogP contribution in [0.5, 0.6) is 0 Å². The summed E-state index contributed by atoms with van der Waals surface area (Å²) in [5, 5.41) is 12.1. The normalized spacial score (nSPS) is 17.1. The van der Waals surface area contributed by atoms with Crippen LogP contribution in [0.25, 0.3) is 0 Å². The van der Waals surface area contributed by atoms with E-state index in [9.17, 15) is 4.39 Å². The Labute approximate surface area is 120 Å². The maximum Gasteiger partial charge on any atom is 0.127 e. The van der Waals surface area contributed by atoms with E-state index in [1.165, 1.54) is 31.4 Å². The van der Waals surface area contributed by atoms with E-state index in [0.29, 0.717) is 17.7 Å². The zero-order chi connectivity index (χ0) is 14.4. The Hall–Kier alpha value is -1.44. The molecule has 1 aromatic carbocycles. The number of nitriles is 1. The second-order valence-electron chi connectivity index (χ2n) is 5.53. The molecule has 108 valence electrons. The predicted octanol–water partition coefficient (Wildman–Crippen LogP) is 2.52. The number of benzene rings is 1. The van der Waals surface area contributed by atoms with Crippen LogP contribution in [0, 0.1) is 23.1 Å². The molecule has 1 saturated heterocycles. The quantitative estimate of drug-likeness (QED) is 0.897. The fraction of sp³-hybridized carbons (Fsp3) is 0.562. The molecule has 2 rings (SSSR count). The van der Waals surface area contributed by atoms with Gasteiger partial charge >= 0.3 is 0 Å². The average Bonchev–Trinajstić information content (AvgIpc) is 2.49. The Morgan fingerprint density at radius 3 is 2.80 bits per heavy atom. The molecule has 0 spiro atoms. The highest BCUT2D eigenvalue weighted by Crippen LogP contribution is 2.22. The number of nitrogens with zero attached hydrogens (tertiary/aromatic N) is 2. The van der Waals surface area contributed by atoms with Crippen molar-refractivity contribution in [2.24, 2.45) is 5.92 Å². The molecular weight excluding hydrogens is 253 g/mol. The Balaban J connectivity index is 1.88. The van der Waals surface area contributed by atoms with Crippen molar-refractivity contribution in [1.82, 2.24) is 10.2 Å². The molecular formula is C16H22FN3. The molecule has 1 fully saturated rings.